The summed E-state index contributed by atoms with van der Waals surface area (Å²) in [6, 6.07) is 9.49. The maximum Gasteiger partial charge on any atom is 0.272 e. The van der Waals surface area contributed by atoms with Crippen molar-refractivity contribution in [3.05, 3.63) is 46.9 Å². The van der Waals surface area contributed by atoms with Crippen molar-refractivity contribution in [2.75, 3.05) is 56.7 Å². The van der Waals surface area contributed by atoms with Crippen LogP contribution >= 0.6 is 11.6 Å². The highest BCUT2D eigenvalue weighted by molar-refractivity contribution is 6.30. The summed E-state index contributed by atoms with van der Waals surface area (Å²) in [4.78, 5) is 25.6. The molecule has 1 aliphatic rings. The van der Waals surface area contributed by atoms with E-state index in [1.807, 2.05) is 29.2 Å². The van der Waals surface area contributed by atoms with Crippen molar-refractivity contribution in [2.45, 2.75) is 6.92 Å². The van der Waals surface area contributed by atoms with Crippen LogP contribution in [-0.2, 0) is 4.74 Å². The van der Waals surface area contributed by atoms with Gasteiger partial charge in [0.1, 0.15) is 17.3 Å². The number of nitrogens with one attached hydrogen (secondary N) is 1. The highest BCUT2D eigenvalue weighted by Gasteiger charge is 2.24. The molecule has 7 nitrogen and oxygen atoms in total. The van der Waals surface area contributed by atoms with E-state index >= 15 is 0 Å². The van der Waals surface area contributed by atoms with Crippen LogP contribution in [0.25, 0.3) is 0 Å². The van der Waals surface area contributed by atoms with Gasteiger partial charge in [0.15, 0.2) is 0 Å². The number of piperazine rings is 1. The Labute approximate surface area is 164 Å². The Kier molecular flexibility index (Phi) is 6.47. The van der Waals surface area contributed by atoms with Gasteiger partial charge in [-0.25, -0.2) is 9.97 Å². The number of hydrogen-bond acceptors (Lipinski definition) is 6. The van der Waals surface area contributed by atoms with Gasteiger partial charge in [-0.2, -0.15) is 0 Å². The molecule has 0 atom stereocenters. The van der Waals surface area contributed by atoms with Crippen molar-refractivity contribution in [3.8, 4) is 0 Å². The Morgan fingerprint density at radius 1 is 1.22 bits per heavy atom. The van der Waals surface area contributed by atoms with Crippen LogP contribution in [0.5, 0.6) is 0 Å². The SMILES string of the molecule is COCCNc1cc(C(=O)N2CCN(c3cccc(Cl)c3)CC2)nc(C)n1. The Hall–Kier alpha value is -2.38. The second-order valence-electron chi connectivity index (χ2n) is 6.36. The third kappa shape index (κ3) is 5.08. The quantitative estimate of drug-likeness (QED) is 0.765. The summed E-state index contributed by atoms with van der Waals surface area (Å²) in [5.41, 5.74) is 1.50. The molecule has 27 heavy (non-hydrogen) atoms. The minimum atomic E-state index is -0.0685. The Balaban J connectivity index is 1.63. The molecular weight excluding hydrogens is 366 g/mol. The standard InChI is InChI=1S/C19H24ClN5O2/c1-14-22-17(13-18(23-14)21-6-11-27-2)19(26)25-9-7-24(8-10-25)16-5-3-4-15(20)12-16/h3-5,12-13H,6-11H2,1-2H3,(H,21,22,23). The maximum atomic E-state index is 12.9. The van der Waals surface area contributed by atoms with Crippen LogP contribution in [0, 0.1) is 6.92 Å². The fourth-order valence-corrected chi connectivity index (χ4v) is 3.24. The van der Waals surface area contributed by atoms with Gasteiger partial charge in [-0.15, -0.1) is 0 Å². The van der Waals surface area contributed by atoms with Gasteiger partial charge in [-0.05, 0) is 25.1 Å². The lowest BCUT2D eigenvalue weighted by molar-refractivity contribution is 0.0740. The number of carbonyl (C=O) groups is 1. The van der Waals surface area contributed by atoms with Crippen molar-refractivity contribution < 1.29 is 9.53 Å². The van der Waals surface area contributed by atoms with E-state index in [1.165, 1.54) is 0 Å². The van der Waals surface area contributed by atoms with Gasteiger partial charge >= 0.3 is 0 Å². The molecule has 144 valence electrons. The number of rotatable bonds is 6. The predicted molar refractivity (Wildman–Crippen MR) is 107 cm³/mol. The Morgan fingerprint density at radius 2 is 2.00 bits per heavy atom. The number of nitrogens with zero attached hydrogens (tertiary/aromatic N) is 4. The first-order chi connectivity index (χ1) is 13.1. The first kappa shape index (κ1) is 19.4. The molecule has 0 spiro atoms. The van der Waals surface area contributed by atoms with Gasteiger partial charge in [0, 0.05) is 56.6 Å². The number of benzene rings is 1. The molecular formula is C19H24ClN5O2. The normalized spacial score (nSPS) is 14.3. The molecule has 0 aliphatic carbocycles. The summed E-state index contributed by atoms with van der Waals surface area (Å²) < 4.78 is 5.03. The number of carbonyl (C=O) groups excluding carboxylic acids is 1. The summed E-state index contributed by atoms with van der Waals surface area (Å²) in [5.74, 6) is 1.14. The molecule has 0 unspecified atom stereocenters. The average molecular weight is 390 g/mol. The van der Waals surface area contributed by atoms with Crippen LogP contribution in [0.1, 0.15) is 16.3 Å². The number of hydrogen-bond donors (Lipinski definition) is 1. The van der Waals surface area contributed by atoms with Crippen LogP contribution < -0.4 is 10.2 Å². The van der Waals surface area contributed by atoms with E-state index in [-0.39, 0.29) is 5.91 Å². The van der Waals surface area contributed by atoms with E-state index < -0.39 is 0 Å². The molecule has 0 radical (unpaired) electrons. The van der Waals surface area contributed by atoms with E-state index in [2.05, 4.69) is 20.2 Å². The minimum absolute atomic E-state index is 0.0685. The summed E-state index contributed by atoms with van der Waals surface area (Å²) in [6.07, 6.45) is 0. The molecule has 1 aromatic heterocycles. The monoisotopic (exact) mass is 389 g/mol. The molecule has 1 N–H and O–H groups in total. The number of methoxy groups -OCH3 is 1. The van der Waals surface area contributed by atoms with Crippen LogP contribution in [0.3, 0.4) is 0 Å². The summed E-state index contributed by atoms with van der Waals surface area (Å²) in [7, 11) is 1.64. The third-order valence-corrected chi connectivity index (χ3v) is 4.64. The highest BCUT2D eigenvalue weighted by atomic mass is 35.5. The lowest BCUT2D eigenvalue weighted by Gasteiger charge is -2.36. The average Bonchev–Trinajstić information content (AvgIpc) is 2.67. The molecule has 2 heterocycles. The van der Waals surface area contributed by atoms with Crippen molar-refractivity contribution in [2.24, 2.45) is 0 Å². The summed E-state index contributed by atoms with van der Waals surface area (Å²) in [6.45, 7) is 5.78. The lowest BCUT2D eigenvalue weighted by Crippen LogP contribution is -2.49. The molecule has 0 saturated carbocycles. The van der Waals surface area contributed by atoms with Gasteiger partial charge in [-0.1, -0.05) is 17.7 Å². The zero-order chi connectivity index (χ0) is 19.2. The highest BCUT2D eigenvalue weighted by Crippen LogP contribution is 2.21. The lowest BCUT2D eigenvalue weighted by atomic mass is 10.2. The number of amides is 1. The number of halogens is 1. The molecule has 0 bridgehead atoms. The third-order valence-electron chi connectivity index (χ3n) is 4.41. The molecule has 2 aromatic rings. The van der Waals surface area contributed by atoms with Crippen LogP contribution in [-0.4, -0.2) is 67.2 Å². The van der Waals surface area contributed by atoms with Crippen molar-refractivity contribution in [3.63, 3.8) is 0 Å². The molecule has 1 aliphatic heterocycles. The zero-order valence-corrected chi connectivity index (χ0v) is 16.4. The molecule has 1 amide bonds. The first-order valence-corrected chi connectivity index (χ1v) is 9.33. The summed E-state index contributed by atoms with van der Waals surface area (Å²) >= 11 is 6.08. The van der Waals surface area contributed by atoms with Crippen LogP contribution in [0.15, 0.2) is 30.3 Å². The topological polar surface area (TPSA) is 70.6 Å². The second kappa shape index (κ2) is 9.01. The van der Waals surface area contributed by atoms with Crippen LogP contribution in [0.2, 0.25) is 5.02 Å². The maximum absolute atomic E-state index is 12.9. The molecule has 1 fully saturated rings. The molecule has 1 aromatic carbocycles. The van der Waals surface area contributed by atoms with Crippen LogP contribution in [0.4, 0.5) is 11.5 Å². The second-order valence-corrected chi connectivity index (χ2v) is 6.80. The van der Waals surface area contributed by atoms with E-state index in [0.717, 1.165) is 23.8 Å². The zero-order valence-electron chi connectivity index (χ0n) is 15.6. The fourth-order valence-electron chi connectivity index (χ4n) is 3.05. The summed E-state index contributed by atoms with van der Waals surface area (Å²) in [5, 5.41) is 3.87. The Morgan fingerprint density at radius 3 is 2.70 bits per heavy atom. The van der Waals surface area contributed by atoms with Crippen molar-refractivity contribution in [1.82, 2.24) is 14.9 Å². The number of ether oxygens (including phenoxy) is 1. The van der Waals surface area contributed by atoms with E-state index in [1.54, 1.807) is 20.1 Å². The Bertz CT molecular complexity index is 793. The smallest absolute Gasteiger partial charge is 0.272 e. The fraction of sp³-hybridized carbons (Fsp3) is 0.421. The van der Waals surface area contributed by atoms with E-state index in [0.29, 0.717) is 43.6 Å². The minimum Gasteiger partial charge on any atom is -0.383 e. The van der Waals surface area contributed by atoms with Gasteiger partial charge in [0.25, 0.3) is 5.91 Å². The number of aryl methyl sites for hydroxylation is 1. The van der Waals surface area contributed by atoms with E-state index in [9.17, 15) is 4.79 Å². The predicted octanol–water partition coefficient (Wildman–Crippen LogP) is 2.46. The van der Waals surface area contributed by atoms with Crippen molar-refractivity contribution in [1.29, 1.82) is 0 Å². The largest absolute Gasteiger partial charge is 0.383 e. The van der Waals surface area contributed by atoms with Crippen molar-refractivity contribution >= 4 is 29.0 Å². The number of aromatic nitrogens is 2. The molecule has 3 rings (SSSR count). The van der Waals surface area contributed by atoms with Gasteiger partial charge in [0.2, 0.25) is 0 Å². The molecule has 1 saturated heterocycles. The van der Waals surface area contributed by atoms with Gasteiger partial charge in [-0.3, -0.25) is 4.79 Å². The van der Waals surface area contributed by atoms with Gasteiger partial charge < -0.3 is 19.9 Å². The molecule has 8 heteroatoms. The van der Waals surface area contributed by atoms with E-state index in [4.69, 9.17) is 16.3 Å². The number of anilines is 2. The first-order valence-electron chi connectivity index (χ1n) is 8.95. The van der Waals surface area contributed by atoms with Gasteiger partial charge in [0.05, 0.1) is 6.61 Å².